The van der Waals surface area contributed by atoms with E-state index in [1.165, 1.54) is 32.1 Å². The summed E-state index contributed by atoms with van der Waals surface area (Å²) in [5, 5.41) is 3.61. The van der Waals surface area contributed by atoms with Gasteiger partial charge in [-0.25, -0.2) is 0 Å². The molecule has 0 amide bonds. The molecule has 0 aliphatic heterocycles. The van der Waals surface area contributed by atoms with Gasteiger partial charge < -0.3 is 9.73 Å². The second-order valence-corrected chi connectivity index (χ2v) is 4.55. The van der Waals surface area contributed by atoms with Crippen LogP contribution in [0.2, 0.25) is 0 Å². The van der Waals surface area contributed by atoms with Gasteiger partial charge in [-0.05, 0) is 31.9 Å². The zero-order valence-electron chi connectivity index (χ0n) is 8.88. The molecule has 1 aliphatic rings. The van der Waals surface area contributed by atoms with Gasteiger partial charge in [0.05, 0.1) is 12.8 Å². The molecule has 1 aliphatic carbocycles. The summed E-state index contributed by atoms with van der Waals surface area (Å²) in [5.41, 5.74) is 0.338. The maximum Gasteiger partial charge on any atom is 0.117 e. The van der Waals surface area contributed by atoms with Crippen LogP contribution in [0, 0.1) is 0 Å². The van der Waals surface area contributed by atoms with Crippen LogP contribution in [0.5, 0.6) is 0 Å². The Kier molecular flexibility index (Phi) is 2.92. The van der Waals surface area contributed by atoms with Crippen molar-refractivity contribution in [3.63, 3.8) is 0 Å². The minimum atomic E-state index is 0.338. The fraction of sp³-hybridized carbons (Fsp3) is 0.667. The molecule has 2 rings (SSSR count). The lowest BCUT2D eigenvalue weighted by molar-refractivity contribution is 0.245. The summed E-state index contributed by atoms with van der Waals surface area (Å²) in [6, 6.07) is 3.97. The lowest BCUT2D eigenvalue weighted by Crippen LogP contribution is -2.43. The molecule has 1 fully saturated rings. The van der Waals surface area contributed by atoms with Crippen LogP contribution in [0.1, 0.15) is 44.8 Å². The number of hydrogen-bond donors (Lipinski definition) is 1. The highest BCUT2D eigenvalue weighted by molar-refractivity contribution is 4.99. The van der Waals surface area contributed by atoms with E-state index in [1.54, 1.807) is 6.26 Å². The third-order valence-corrected chi connectivity index (χ3v) is 3.23. The zero-order chi connectivity index (χ0) is 9.86. The smallest absolute Gasteiger partial charge is 0.117 e. The summed E-state index contributed by atoms with van der Waals surface area (Å²) in [6.45, 7) is 3.19. The second kappa shape index (κ2) is 4.18. The first kappa shape index (κ1) is 9.78. The van der Waals surface area contributed by atoms with Gasteiger partial charge in [-0.1, -0.05) is 19.3 Å². The molecule has 2 nitrogen and oxygen atoms in total. The topological polar surface area (TPSA) is 25.2 Å². The van der Waals surface area contributed by atoms with Crippen molar-refractivity contribution in [3.05, 3.63) is 24.2 Å². The molecule has 1 heterocycles. The first-order valence-corrected chi connectivity index (χ1v) is 5.56. The largest absolute Gasteiger partial charge is 0.468 e. The molecule has 0 unspecified atom stereocenters. The maximum atomic E-state index is 5.31. The Balaban J connectivity index is 1.84. The number of nitrogens with one attached hydrogen (secondary N) is 1. The quantitative estimate of drug-likeness (QED) is 0.798. The van der Waals surface area contributed by atoms with E-state index in [2.05, 4.69) is 12.2 Å². The van der Waals surface area contributed by atoms with E-state index in [9.17, 15) is 0 Å². The normalized spacial score (nSPS) is 20.9. The lowest BCUT2D eigenvalue weighted by Gasteiger charge is -2.34. The Morgan fingerprint density at radius 2 is 2.14 bits per heavy atom. The van der Waals surface area contributed by atoms with Crippen molar-refractivity contribution in [3.8, 4) is 0 Å². The highest BCUT2D eigenvalue weighted by Crippen LogP contribution is 2.27. The Bertz CT molecular complexity index is 260. The summed E-state index contributed by atoms with van der Waals surface area (Å²) in [6.07, 6.45) is 8.46. The van der Waals surface area contributed by atoms with E-state index in [1.807, 2.05) is 12.1 Å². The monoisotopic (exact) mass is 193 g/mol. The summed E-state index contributed by atoms with van der Waals surface area (Å²) >= 11 is 0. The van der Waals surface area contributed by atoms with Crippen molar-refractivity contribution in [2.45, 2.75) is 51.1 Å². The molecule has 0 aromatic carbocycles. The Morgan fingerprint density at radius 1 is 1.36 bits per heavy atom. The van der Waals surface area contributed by atoms with Crippen molar-refractivity contribution in [2.75, 3.05) is 0 Å². The molecule has 0 bridgehead atoms. The molecule has 1 N–H and O–H groups in total. The summed E-state index contributed by atoms with van der Waals surface area (Å²) < 4.78 is 5.31. The van der Waals surface area contributed by atoms with Crippen LogP contribution in [-0.4, -0.2) is 5.54 Å². The van der Waals surface area contributed by atoms with E-state index in [-0.39, 0.29) is 0 Å². The molecule has 1 saturated carbocycles. The van der Waals surface area contributed by atoms with Gasteiger partial charge in [0, 0.05) is 5.54 Å². The minimum Gasteiger partial charge on any atom is -0.468 e. The van der Waals surface area contributed by atoms with Crippen molar-refractivity contribution in [1.82, 2.24) is 5.32 Å². The van der Waals surface area contributed by atoms with E-state index in [0.29, 0.717) is 5.54 Å². The number of furan rings is 1. The predicted octanol–water partition coefficient (Wildman–Crippen LogP) is 3.09. The van der Waals surface area contributed by atoms with Crippen LogP contribution >= 0.6 is 0 Å². The second-order valence-electron chi connectivity index (χ2n) is 4.55. The van der Waals surface area contributed by atoms with Gasteiger partial charge >= 0.3 is 0 Å². The molecule has 0 radical (unpaired) electrons. The minimum absolute atomic E-state index is 0.338. The van der Waals surface area contributed by atoms with Crippen molar-refractivity contribution in [2.24, 2.45) is 0 Å². The Labute approximate surface area is 85.7 Å². The first-order chi connectivity index (χ1) is 6.79. The average Bonchev–Trinajstić information content (AvgIpc) is 2.69. The first-order valence-electron chi connectivity index (χ1n) is 5.56. The van der Waals surface area contributed by atoms with Crippen LogP contribution in [0.15, 0.2) is 22.8 Å². The molecular weight excluding hydrogens is 174 g/mol. The van der Waals surface area contributed by atoms with Crippen LogP contribution in [0.3, 0.4) is 0 Å². The highest BCUT2D eigenvalue weighted by Gasteiger charge is 2.25. The van der Waals surface area contributed by atoms with Crippen LogP contribution < -0.4 is 5.32 Å². The molecule has 0 spiro atoms. The van der Waals surface area contributed by atoms with Gasteiger partial charge in [-0.15, -0.1) is 0 Å². The van der Waals surface area contributed by atoms with E-state index >= 15 is 0 Å². The molecule has 0 saturated heterocycles. The molecule has 1 aromatic rings. The van der Waals surface area contributed by atoms with Crippen LogP contribution in [0.4, 0.5) is 0 Å². The third-order valence-electron chi connectivity index (χ3n) is 3.23. The number of hydrogen-bond acceptors (Lipinski definition) is 2. The van der Waals surface area contributed by atoms with Crippen LogP contribution in [0.25, 0.3) is 0 Å². The number of rotatable bonds is 3. The SMILES string of the molecule is CC1(NCc2ccco2)CCCCC1. The third kappa shape index (κ3) is 2.38. The van der Waals surface area contributed by atoms with E-state index in [4.69, 9.17) is 4.42 Å². The lowest BCUT2D eigenvalue weighted by atomic mass is 9.83. The molecule has 1 aromatic heterocycles. The maximum absolute atomic E-state index is 5.31. The zero-order valence-corrected chi connectivity index (χ0v) is 8.88. The Morgan fingerprint density at radius 3 is 2.79 bits per heavy atom. The van der Waals surface area contributed by atoms with Crippen molar-refractivity contribution >= 4 is 0 Å². The van der Waals surface area contributed by atoms with Gasteiger partial charge in [-0.3, -0.25) is 0 Å². The highest BCUT2D eigenvalue weighted by atomic mass is 16.3. The summed E-state index contributed by atoms with van der Waals surface area (Å²) in [7, 11) is 0. The Hall–Kier alpha value is -0.760. The predicted molar refractivity (Wildman–Crippen MR) is 57.0 cm³/mol. The van der Waals surface area contributed by atoms with Gasteiger partial charge in [0.1, 0.15) is 5.76 Å². The molecule has 0 atom stereocenters. The molecular formula is C12H19NO. The van der Waals surface area contributed by atoms with Gasteiger partial charge in [-0.2, -0.15) is 0 Å². The van der Waals surface area contributed by atoms with Crippen LogP contribution in [-0.2, 0) is 6.54 Å². The average molecular weight is 193 g/mol. The van der Waals surface area contributed by atoms with Gasteiger partial charge in [0.2, 0.25) is 0 Å². The van der Waals surface area contributed by atoms with E-state index < -0.39 is 0 Å². The van der Waals surface area contributed by atoms with E-state index in [0.717, 1.165) is 12.3 Å². The molecule has 2 heteroatoms. The van der Waals surface area contributed by atoms with Gasteiger partial charge in [0.15, 0.2) is 0 Å². The molecule has 14 heavy (non-hydrogen) atoms. The van der Waals surface area contributed by atoms with Gasteiger partial charge in [0.25, 0.3) is 0 Å². The summed E-state index contributed by atoms with van der Waals surface area (Å²) in [5.74, 6) is 1.04. The fourth-order valence-electron chi connectivity index (χ4n) is 2.22. The van der Waals surface area contributed by atoms with Crippen molar-refractivity contribution in [1.29, 1.82) is 0 Å². The standard InChI is InChI=1S/C12H19NO/c1-12(7-3-2-4-8-12)13-10-11-6-5-9-14-11/h5-6,9,13H,2-4,7-8,10H2,1H3. The summed E-state index contributed by atoms with van der Waals surface area (Å²) in [4.78, 5) is 0. The fourth-order valence-corrected chi connectivity index (χ4v) is 2.22. The molecule has 78 valence electrons. The van der Waals surface area contributed by atoms with Crippen molar-refractivity contribution < 1.29 is 4.42 Å².